The average molecular weight is 305 g/mol. The number of rotatable bonds is 4. The highest BCUT2D eigenvalue weighted by Crippen LogP contribution is 2.32. The molecule has 0 radical (unpaired) electrons. The van der Waals surface area contributed by atoms with Gasteiger partial charge in [0.2, 0.25) is 5.91 Å². The van der Waals surface area contributed by atoms with E-state index in [-0.39, 0.29) is 23.3 Å². The second kappa shape index (κ2) is 7.29. The summed E-state index contributed by atoms with van der Waals surface area (Å²) in [5, 5.41) is 12.6. The quantitative estimate of drug-likeness (QED) is 0.661. The largest absolute Gasteiger partial charge is 0.506 e. The zero-order valence-corrected chi connectivity index (χ0v) is 13.1. The van der Waals surface area contributed by atoms with Crippen LogP contribution in [0.25, 0.3) is 0 Å². The third-order valence-corrected chi connectivity index (χ3v) is 4.47. The van der Waals surface area contributed by atoms with Gasteiger partial charge in [0.25, 0.3) is 0 Å². The van der Waals surface area contributed by atoms with Gasteiger partial charge in [0.15, 0.2) is 0 Å². The van der Waals surface area contributed by atoms with Gasteiger partial charge in [0.05, 0.1) is 18.4 Å². The summed E-state index contributed by atoms with van der Waals surface area (Å²) >= 11 is 0. The molecule has 1 saturated carbocycles. The minimum absolute atomic E-state index is 0.0241. The van der Waals surface area contributed by atoms with Crippen molar-refractivity contribution in [2.24, 2.45) is 11.8 Å². The first-order valence-electron chi connectivity index (χ1n) is 7.77. The fourth-order valence-electron chi connectivity index (χ4n) is 2.95. The van der Waals surface area contributed by atoms with Gasteiger partial charge in [-0.05, 0) is 49.8 Å². The van der Waals surface area contributed by atoms with Gasteiger partial charge in [-0.15, -0.1) is 0 Å². The van der Waals surface area contributed by atoms with Crippen LogP contribution in [0.3, 0.4) is 0 Å². The van der Waals surface area contributed by atoms with E-state index in [0.29, 0.717) is 5.56 Å². The first-order valence-corrected chi connectivity index (χ1v) is 7.77. The van der Waals surface area contributed by atoms with E-state index in [1.807, 2.05) is 0 Å². The summed E-state index contributed by atoms with van der Waals surface area (Å²) in [6.07, 6.45) is 5.06. The van der Waals surface area contributed by atoms with Crippen molar-refractivity contribution in [3.8, 4) is 5.75 Å². The number of hydrogen-bond acceptors (Lipinski definition) is 4. The van der Waals surface area contributed by atoms with Crippen LogP contribution < -0.4 is 5.32 Å². The number of aromatic hydroxyl groups is 1. The van der Waals surface area contributed by atoms with Gasteiger partial charge in [-0.25, -0.2) is 4.79 Å². The normalized spacial score (nSPS) is 21.2. The number of carbonyl (C=O) groups excluding carboxylic acids is 2. The molecule has 1 aliphatic carbocycles. The van der Waals surface area contributed by atoms with Crippen molar-refractivity contribution in [1.82, 2.24) is 0 Å². The smallest absolute Gasteiger partial charge is 0.337 e. The molecule has 22 heavy (non-hydrogen) atoms. The molecule has 1 aromatic rings. The van der Waals surface area contributed by atoms with E-state index in [1.165, 1.54) is 25.3 Å². The van der Waals surface area contributed by atoms with Crippen LogP contribution in [-0.4, -0.2) is 24.1 Å². The zero-order valence-electron chi connectivity index (χ0n) is 13.1. The number of phenols is 1. The number of phenolic OH excluding ortho intramolecular Hbond substituents is 1. The molecule has 0 aliphatic heterocycles. The molecule has 1 amide bonds. The molecule has 120 valence electrons. The molecule has 0 bridgehead atoms. The Labute approximate surface area is 130 Å². The summed E-state index contributed by atoms with van der Waals surface area (Å²) in [5.41, 5.74) is 0.552. The molecule has 2 N–H and O–H groups in total. The number of benzene rings is 1. The van der Waals surface area contributed by atoms with Crippen molar-refractivity contribution >= 4 is 17.6 Å². The van der Waals surface area contributed by atoms with Crippen molar-refractivity contribution in [2.45, 2.75) is 39.0 Å². The highest BCUT2D eigenvalue weighted by Gasteiger charge is 2.26. The minimum atomic E-state index is -0.501. The second-order valence-corrected chi connectivity index (χ2v) is 5.84. The Kier molecular flexibility index (Phi) is 5.41. The summed E-state index contributed by atoms with van der Waals surface area (Å²) in [4.78, 5) is 23.8. The zero-order chi connectivity index (χ0) is 16.1. The lowest BCUT2D eigenvalue weighted by Crippen LogP contribution is -2.27. The number of nitrogens with one attached hydrogen (secondary N) is 1. The lowest BCUT2D eigenvalue weighted by atomic mass is 9.80. The number of methoxy groups -OCH3 is 1. The Morgan fingerprint density at radius 1 is 1.27 bits per heavy atom. The van der Waals surface area contributed by atoms with Crippen molar-refractivity contribution in [3.05, 3.63) is 23.8 Å². The average Bonchev–Trinajstić information content (AvgIpc) is 2.56. The maximum atomic E-state index is 12.3. The molecule has 1 fully saturated rings. The molecule has 0 unspecified atom stereocenters. The van der Waals surface area contributed by atoms with Crippen molar-refractivity contribution in [1.29, 1.82) is 0 Å². The first kappa shape index (κ1) is 16.3. The number of esters is 1. The van der Waals surface area contributed by atoms with E-state index in [0.717, 1.165) is 38.0 Å². The molecule has 5 heteroatoms. The SMILES string of the molecule is CC[C@H]1CC[C@H](C(=O)Nc2cc(C(=O)OC)ccc2O)CC1. The van der Waals surface area contributed by atoms with Gasteiger partial charge in [-0.1, -0.05) is 13.3 Å². The maximum absolute atomic E-state index is 12.3. The Hall–Kier alpha value is -2.04. The molecule has 1 aromatic carbocycles. The summed E-state index contributed by atoms with van der Waals surface area (Å²) < 4.78 is 4.64. The molecule has 2 rings (SSSR count). The van der Waals surface area contributed by atoms with E-state index >= 15 is 0 Å². The lowest BCUT2D eigenvalue weighted by Gasteiger charge is -2.27. The third kappa shape index (κ3) is 3.78. The topological polar surface area (TPSA) is 75.6 Å². The number of anilines is 1. The Morgan fingerprint density at radius 3 is 2.55 bits per heavy atom. The Morgan fingerprint density at radius 2 is 1.95 bits per heavy atom. The van der Waals surface area contributed by atoms with Gasteiger partial charge >= 0.3 is 5.97 Å². The summed E-state index contributed by atoms with van der Waals surface area (Å²) in [6, 6.07) is 4.29. The van der Waals surface area contributed by atoms with Crippen LogP contribution in [0.2, 0.25) is 0 Å². The van der Waals surface area contributed by atoms with Gasteiger partial charge in [0.1, 0.15) is 5.75 Å². The van der Waals surface area contributed by atoms with Crippen LogP contribution in [0.4, 0.5) is 5.69 Å². The molecule has 0 spiro atoms. The number of hydrogen-bond donors (Lipinski definition) is 2. The minimum Gasteiger partial charge on any atom is -0.506 e. The third-order valence-electron chi connectivity index (χ3n) is 4.47. The van der Waals surface area contributed by atoms with Crippen LogP contribution in [0.5, 0.6) is 5.75 Å². The fraction of sp³-hybridized carbons (Fsp3) is 0.529. The van der Waals surface area contributed by atoms with E-state index < -0.39 is 5.97 Å². The molecular weight excluding hydrogens is 282 g/mol. The monoisotopic (exact) mass is 305 g/mol. The lowest BCUT2D eigenvalue weighted by molar-refractivity contribution is -0.121. The molecule has 0 heterocycles. The van der Waals surface area contributed by atoms with Gasteiger partial charge in [-0.3, -0.25) is 4.79 Å². The van der Waals surface area contributed by atoms with Crippen LogP contribution >= 0.6 is 0 Å². The van der Waals surface area contributed by atoms with E-state index in [2.05, 4.69) is 17.0 Å². The first-order chi connectivity index (χ1) is 10.5. The maximum Gasteiger partial charge on any atom is 0.337 e. The van der Waals surface area contributed by atoms with Crippen molar-refractivity contribution < 1.29 is 19.4 Å². The Bertz CT molecular complexity index is 548. The van der Waals surface area contributed by atoms with E-state index in [4.69, 9.17) is 0 Å². The number of ether oxygens (including phenoxy) is 1. The molecule has 5 nitrogen and oxygen atoms in total. The fourth-order valence-corrected chi connectivity index (χ4v) is 2.95. The summed E-state index contributed by atoms with van der Waals surface area (Å²) in [6.45, 7) is 2.18. The predicted molar refractivity (Wildman–Crippen MR) is 83.8 cm³/mol. The molecule has 0 aromatic heterocycles. The molecule has 1 aliphatic rings. The highest BCUT2D eigenvalue weighted by molar-refractivity contribution is 5.97. The van der Waals surface area contributed by atoms with Crippen LogP contribution in [0, 0.1) is 11.8 Å². The highest BCUT2D eigenvalue weighted by atomic mass is 16.5. The van der Waals surface area contributed by atoms with Gasteiger partial charge in [-0.2, -0.15) is 0 Å². The standard InChI is InChI=1S/C17H23NO4/c1-3-11-4-6-12(7-5-11)16(20)18-14-10-13(17(21)22-2)8-9-15(14)19/h8-12,19H,3-7H2,1-2H3,(H,18,20)/t11-,12-. The molecule has 0 saturated heterocycles. The molecular formula is C17H23NO4. The van der Waals surface area contributed by atoms with Crippen LogP contribution in [0.1, 0.15) is 49.4 Å². The predicted octanol–water partition coefficient (Wildman–Crippen LogP) is 3.33. The van der Waals surface area contributed by atoms with Crippen molar-refractivity contribution in [3.63, 3.8) is 0 Å². The number of amides is 1. The number of carbonyl (C=O) groups is 2. The van der Waals surface area contributed by atoms with Crippen LogP contribution in [0.15, 0.2) is 18.2 Å². The van der Waals surface area contributed by atoms with E-state index in [1.54, 1.807) is 0 Å². The van der Waals surface area contributed by atoms with Crippen molar-refractivity contribution in [2.75, 3.05) is 12.4 Å². The second-order valence-electron chi connectivity index (χ2n) is 5.84. The van der Waals surface area contributed by atoms with Gasteiger partial charge < -0.3 is 15.2 Å². The summed E-state index contributed by atoms with van der Waals surface area (Å²) in [7, 11) is 1.29. The summed E-state index contributed by atoms with van der Waals surface area (Å²) in [5.74, 6) is 0.0538. The van der Waals surface area contributed by atoms with E-state index in [9.17, 15) is 14.7 Å². The van der Waals surface area contributed by atoms with Gasteiger partial charge in [0, 0.05) is 5.92 Å². The van der Waals surface area contributed by atoms with Crippen LogP contribution in [-0.2, 0) is 9.53 Å². The Balaban J connectivity index is 2.04. The molecule has 0 atom stereocenters.